The van der Waals surface area contributed by atoms with Crippen molar-refractivity contribution in [1.29, 1.82) is 0 Å². The van der Waals surface area contributed by atoms with E-state index in [-0.39, 0.29) is 12.2 Å². The highest BCUT2D eigenvalue weighted by Crippen LogP contribution is 2.17. The average Bonchev–Trinajstić information content (AvgIpc) is 2.95. The fraction of sp³-hybridized carbons (Fsp3) is 0.214. The standard InChI is InChI=1S/C14H13ClN2O4S/c15-9-3-1-2-8(6-9)12(18)13(19)16-5-4-11-17-10(7-22-11)14(20)21/h1-3,6-7,12,18H,4-5H2,(H,16,19)(H,20,21)/t12-/m1/s1. The summed E-state index contributed by atoms with van der Waals surface area (Å²) in [5, 5.41) is 23.8. The number of nitrogens with one attached hydrogen (secondary N) is 1. The summed E-state index contributed by atoms with van der Waals surface area (Å²) in [5.41, 5.74) is 0.401. The molecule has 6 nitrogen and oxygen atoms in total. The van der Waals surface area contributed by atoms with Crippen LogP contribution in [-0.2, 0) is 11.2 Å². The molecule has 0 aliphatic carbocycles. The van der Waals surface area contributed by atoms with Crippen molar-refractivity contribution in [2.45, 2.75) is 12.5 Å². The molecule has 3 N–H and O–H groups in total. The van der Waals surface area contributed by atoms with Crippen LogP contribution in [0.25, 0.3) is 0 Å². The van der Waals surface area contributed by atoms with Crippen LogP contribution in [-0.4, -0.2) is 33.6 Å². The number of nitrogens with zero attached hydrogens (tertiary/aromatic N) is 1. The second-order valence-corrected chi connectivity index (χ2v) is 5.81. The van der Waals surface area contributed by atoms with E-state index in [1.165, 1.54) is 22.8 Å². The minimum atomic E-state index is -1.30. The van der Waals surface area contributed by atoms with Crippen molar-refractivity contribution < 1.29 is 19.8 Å². The van der Waals surface area contributed by atoms with Gasteiger partial charge in [-0.1, -0.05) is 23.7 Å². The number of aliphatic hydroxyl groups is 1. The Bertz CT molecular complexity index is 689. The Hall–Kier alpha value is -1.96. The molecule has 1 amide bonds. The monoisotopic (exact) mass is 340 g/mol. The summed E-state index contributed by atoms with van der Waals surface area (Å²) in [6.07, 6.45) is -0.907. The van der Waals surface area contributed by atoms with Gasteiger partial charge in [-0.2, -0.15) is 0 Å². The van der Waals surface area contributed by atoms with Crippen molar-refractivity contribution in [3.63, 3.8) is 0 Å². The molecule has 0 unspecified atom stereocenters. The first-order valence-electron chi connectivity index (χ1n) is 6.36. The quantitative estimate of drug-likeness (QED) is 0.745. The van der Waals surface area contributed by atoms with Crippen LogP contribution in [0.3, 0.4) is 0 Å². The van der Waals surface area contributed by atoms with Gasteiger partial charge in [0.2, 0.25) is 0 Å². The minimum absolute atomic E-state index is 0.00899. The first-order chi connectivity index (χ1) is 10.5. The summed E-state index contributed by atoms with van der Waals surface area (Å²) < 4.78 is 0. The van der Waals surface area contributed by atoms with Crippen molar-refractivity contribution in [3.8, 4) is 0 Å². The number of hydrogen-bond donors (Lipinski definition) is 3. The molecule has 0 spiro atoms. The first kappa shape index (κ1) is 16.4. The molecule has 116 valence electrons. The Labute approximate surface area is 135 Å². The molecule has 0 aliphatic heterocycles. The van der Waals surface area contributed by atoms with Gasteiger partial charge in [0.1, 0.15) is 0 Å². The predicted octanol–water partition coefficient (Wildman–Crippen LogP) is 1.89. The maximum atomic E-state index is 11.8. The lowest BCUT2D eigenvalue weighted by molar-refractivity contribution is -0.129. The van der Waals surface area contributed by atoms with Crippen LogP contribution in [0.4, 0.5) is 0 Å². The van der Waals surface area contributed by atoms with Gasteiger partial charge in [-0.25, -0.2) is 9.78 Å². The Morgan fingerprint density at radius 1 is 1.41 bits per heavy atom. The maximum absolute atomic E-state index is 11.8. The predicted molar refractivity (Wildman–Crippen MR) is 82.2 cm³/mol. The smallest absolute Gasteiger partial charge is 0.355 e. The third kappa shape index (κ3) is 4.27. The van der Waals surface area contributed by atoms with Crippen molar-refractivity contribution in [2.75, 3.05) is 6.54 Å². The summed E-state index contributed by atoms with van der Waals surface area (Å²) in [5.74, 6) is -1.62. The molecule has 0 aliphatic rings. The van der Waals surface area contributed by atoms with Gasteiger partial charge in [0.05, 0.1) is 5.01 Å². The highest BCUT2D eigenvalue weighted by atomic mass is 35.5. The maximum Gasteiger partial charge on any atom is 0.355 e. The second kappa shape index (κ2) is 7.35. The van der Waals surface area contributed by atoms with Gasteiger partial charge in [-0.3, -0.25) is 4.79 Å². The third-order valence-corrected chi connectivity index (χ3v) is 3.97. The molecule has 2 aromatic rings. The topological polar surface area (TPSA) is 99.5 Å². The van der Waals surface area contributed by atoms with Gasteiger partial charge in [0.15, 0.2) is 11.8 Å². The van der Waals surface area contributed by atoms with Crippen molar-refractivity contribution in [2.24, 2.45) is 0 Å². The van der Waals surface area contributed by atoms with E-state index in [2.05, 4.69) is 10.3 Å². The number of aliphatic hydroxyl groups excluding tert-OH is 1. The number of aromatic nitrogens is 1. The van der Waals surface area contributed by atoms with Crippen molar-refractivity contribution >= 4 is 34.8 Å². The van der Waals surface area contributed by atoms with Crippen LogP contribution in [0.2, 0.25) is 5.02 Å². The number of benzene rings is 1. The Kier molecular flexibility index (Phi) is 5.48. The Morgan fingerprint density at radius 3 is 2.82 bits per heavy atom. The zero-order chi connectivity index (χ0) is 16.1. The number of carboxylic acids is 1. The van der Waals surface area contributed by atoms with Crippen LogP contribution in [0.1, 0.15) is 27.2 Å². The molecule has 0 radical (unpaired) electrons. The van der Waals surface area contributed by atoms with Gasteiger partial charge in [-0.05, 0) is 17.7 Å². The molecule has 1 heterocycles. The normalized spacial score (nSPS) is 11.9. The van der Waals surface area contributed by atoms with Crippen LogP contribution >= 0.6 is 22.9 Å². The molecule has 0 fully saturated rings. The van der Waals surface area contributed by atoms with E-state index in [0.29, 0.717) is 22.0 Å². The Balaban J connectivity index is 1.85. The summed E-state index contributed by atoms with van der Waals surface area (Å²) >= 11 is 7.02. The number of carbonyl (C=O) groups excluding carboxylic acids is 1. The largest absolute Gasteiger partial charge is 0.476 e. The number of carbonyl (C=O) groups is 2. The lowest BCUT2D eigenvalue weighted by Gasteiger charge is -2.11. The number of amides is 1. The molecule has 1 atom stereocenters. The van der Waals surface area contributed by atoms with Crippen LogP contribution in [0.5, 0.6) is 0 Å². The lowest BCUT2D eigenvalue weighted by atomic mass is 10.1. The number of halogens is 1. The van der Waals surface area contributed by atoms with E-state index in [1.54, 1.807) is 18.2 Å². The number of rotatable bonds is 6. The fourth-order valence-corrected chi connectivity index (χ4v) is 2.71. The summed E-state index contributed by atoms with van der Waals surface area (Å²) in [6.45, 7) is 0.253. The van der Waals surface area contributed by atoms with Gasteiger partial charge < -0.3 is 15.5 Å². The molecule has 2 rings (SSSR count). The number of aromatic carboxylic acids is 1. The molecule has 1 aromatic heterocycles. The van der Waals surface area contributed by atoms with Crippen LogP contribution in [0, 0.1) is 0 Å². The third-order valence-electron chi connectivity index (χ3n) is 2.82. The summed E-state index contributed by atoms with van der Waals surface area (Å²) in [6, 6.07) is 6.43. The van der Waals surface area contributed by atoms with E-state index >= 15 is 0 Å². The molecule has 0 bridgehead atoms. The molecular weight excluding hydrogens is 328 g/mol. The Morgan fingerprint density at radius 2 is 2.18 bits per heavy atom. The van der Waals surface area contributed by atoms with Gasteiger partial charge in [0, 0.05) is 23.4 Å². The molecule has 1 aromatic carbocycles. The molecule has 8 heteroatoms. The zero-order valence-corrected chi connectivity index (χ0v) is 12.9. The highest BCUT2D eigenvalue weighted by Gasteiger charge is 2.17. The average molecular weight is 341 g/mol. The van der Waals surface area contributed by atoms with E-state index in [4.69, 9.17) is 16.7 Å². The zero-order valence-electron chi connectivity index (χ0n) is 11.3. The number of hydrogen-bond acceptors (Lipinski definition) is 5. The lowest BCUT2D eigenvalue weighted by Crippen LogP contribution is -2.31. The van der Waals surface area contributed by atoms with E-state index in [1.807, 2.05) is 0 Å². The van der Waals surface area contributed by atoms with Crippen molar-refractivity contribution in [3.05, 3.63) is 50.9 Å². The van der Waals surface area contributed by atoms with Crippen LogP contribution < -0.4 is 5.32 Å². The SMILES string of the molecule is O=C(O)c1csc(CCNC(=O)[C@H](O)c2cccc(Cl)c2)n1. The number of thiazole rings is 1. The molecule has 0 saturated heterocycles. The van der Waals surface area contributed by atoms with Gasteiger partial charge >= 0.3 is 5.97 Å². The fourth-order valence-electron chi connectivity index (χ4n) is 1.74. The first-order valence-corrected chi connectivity index (χ1v) is 7.62. The van der Waals surface area contributed by atoms with E-state index in [9.17, 15) is 14.7 Å². The summed E-state index contributed by atoms with van der Waals surface area (Å²) in [7, 11) is 0. The molecule has 22 heavy (non-hydrogen) atoms. The van der Waals surface area contributed by atoms with Gasteiger partial charge in [0.25, 0.3) is 5.91 Å². The summed E-state index contributed by atoms with van der Waals surface area (Å²) in [4.78, 5) is 26.5. The molecule has 0 saturated carbocycles. The van der Waals surface area contributed by atoms with Gasteiger partial charge in [-0.15, -0.1) is 11.3 Å². The minimum Gasteiger partial charge on any atom is -0.476 e. The van der Waals surface area contributed by atoms with E-state index < -0.39 is 18.0 Å². The highest BCUT2D eigenvalue weighted by molar-refractivity contribution is 7.09. The second-order valence-electron chi connectivity index (χ2n) is 4.43. The van der Waals surface area contributed by atoms with Crippen molar-refractivity contribution in [1.82, 2.24) is 10.3 Å². The molecular formula is C14H13ClN2O4S. The van der Waals surface area contributed by atoms with E-state index in [0.717, 1.165) is 0 Å². The van der Waals surface area contributed by atoms with Crippen LogP contribution in [0.15, 0.2) is 29.6 Å². The number of carboxylic acid groups (broad SMARTS) is 1.